The van der Waals surface area contributed by atoms with E-state index in [1.807, 2.05) is 12.1 Å². The van der Waals surface area contributed by atoms with Crippen LogP contribution in [0.25, 0.3) is 0 Å². The van der Waals surface area contributed by atoms with Gasteiger partial charge in [-0.25, -0.2) is 0 Å². The number of hydrogen-bond donors (Lipinski definition) is 3. The summed E-state index contributed by atoms with van der Waals surface area (Å²) in [5, 5.41) is 9.67. The van der Waals surface area contributed by atoms with Crippen molar-refractivity contribution in [3.05, 3.63) is 29.3 Å². The van der Waals surface area contributed by atoms with Gasteiger partial charge in [0.1, 0.15) is 0 Å². The number of carbonyl (C=O) groups is 2. The van der Waals surface area contributed by atoms with Gasteiger partial charge < -0.3 is 16.0 Å². The summed E-state index contributed by atoms with van der Waals surface area (Å²) in [5.74, 6) is 0.247. The summed E-state index contributed by atoms with van der Waals surface area (Å²) >= 11 is 0. The lowest BCUT2D eigenvalue weighted by Crippen LogP contribution is -2.48. The topological polar surface area (TPSA) is 70.2 Å². The quantitative estimate of drug-likeness (QED) is 0.774. The monoisotopic (exact) mass is 327 g/mol. The van der Waals surface area contributed by atoms with E-state index in [0.717, 1.165) is 36.9 Å². The highest BCUT2D eigenvalue weighted by molar-refractivity contribution is 5.99. The average Bonchev–Trinajstić information content (AvgIpc) is 3.08. The maximum absolute atomic E-state index is 12.2. The summed E-state index contributed by atoms with van der Waals surface area (Å²) in [5.41, 5.74) is 3.21. The maximum Gasteiger partial charge on any atom is 0.228 e. The van der Waals surface area contributed by atoms with Gasteiger partial charge in [0.2, 0.25) is 11.8 Å². The van der Waals surface area contributed by atoms with Gasteiger partial charge >= 0.3 is 0 Å². The van der Waals surface area contributed by atoms with Crippen molar-refractivity contribution in [3.63, 3.8) is 0 Å². The molecule has 0 radical (unpaired) electrons. The van der Waals surface area contributed by atoms with E-state index in [9.17, 15) is 9.59 Å². The number of hydrogen-bond acceptors (Lipinski definition) is 3. The highest BCUT2D eigenvalue weighted by atomic mass is 16.2. The Bertz CT molecular complexity index is 646. The molecule has 2 unspecified atom stereocenters. The Morgan fingerprint density at radius 3 is 2.79 bits per heavy atom. The lowest BCUT2D eigenvalue weighted by atomic mass is 9.99. The van der Waals surface area contributed by atoms with E-state index in [1.165, 1.54) is 18.4 Å². The molecule has 3 N–H and O–H groups in total. The van der Waals surface area contributed by atoms with Gasteiger partial charge in [0.05, 0.1) is 6.42 Å². The lowest BCUT2D eigenvalue weighted by molar-refractivity contribution is -0.122. The molecule has 2 atom stereocenters. The van der Waals surface area contributed by atoms with E-state index < -0.39 is 0 Å². The third kappa shape index (κ3) is 3.46. The van der Waals surface area contributed by atoms with E-state index in [1.54, 1.807) is 0 Å². The predicted octanol–water partition coefficient (Wildman–Crippen LogP) is 1.90. The van der Waals surface area contributed by atoms with Gasteiger partial charge in [0.25, 0.3) is 0 Å². The molecule has 4 rings (SSSR count). The minimum Gasteiger partial charge on any atom is -0.353 e. The zero-order valence-corrected chi connectivity index (χ0v) is 13.9. The normalized spacial score (nSPS) is 27.7. The zero-order chi connectivity index (χ0) is 16.5. The first-order valence-electron chi connectivity index (χ1n) is 9.13. The van der Waals surface area contributed by atoms with Gasteiger partial charge in [-0.1, -0.05) is 12.1 Å². The van der Waals surface area contributed by atoms with Crippen molar-refractivity contribution in [1.29, 1.82) is 0 Å². The van der Waals surface area contributed by atoms with Crippen LogP contribution in [0, 0.1) is 0 Å². The van der Waals surface area contributed by atoms with Crippen LogP contribution in [0.15, 0.2) is 18.2 Å². The molecule has 0 saturated carbocycles. The Hall–Kier alpha value is -1.88. The fraction of sp³-hybridized carbons (Fsp3) is 0.579. The molecule has 128 valence electrons. The minimum absolute atomic E-state index is 0.0671. The van der Waals surface area contributed by atoms with Crippen LogP contribution >= 0.6 is 0 Å². The van der Waals surface area contributed by atoms with Gasteiger partial charge in [-0.05, 0) is 55.7 Å². The Balaban J connectivity index is 1.22. The van der Waals surface area contributed by atoms with Gasteiger partial charge in [0.15, 0.2) is 0 Å². The number of anilines is 1. The summed E-state index contributed by atoms with van der Waals surface area (Å²) < 4.78 is 0. The van der Waals surface area contributed by atoms with Crippen molar-refractivity contribution in [2.45, 2.75) is 69.5 Å². The first-order chi connectivity index (χ1) is 11.7. The number of rotatable bonds is 5. The smallest absolute Gasteiger partial charge is 0.228 e. The Kier molecular flexibility index (Phi) is 4.27. The molecule has 0 aliphatic carbocycles. The molecule has 1 aromatic carbocycles. The fourth-order valence-corrected chi connectivity index (χ4v) is 4.37. The van der Waals surface area contributed by atoms with E-state index >= 15 is 0 Å². The van der Waals surface area contributed by atoms with Crippen molar-refractivity contribution >= 4 is 17.5 Å². The summed E-state index contributed by atoms with van der Waals surface area (Å²) in [6.45, 7) is 0. The van der Waals surface area contributed by atoms with E-state index in [0.29, 0.717) is 31.0 Å². The Morgan fingerprint density at radius 2 is 2.00 bits per heavy atom. The number of carbonyl (C=O) groups excluding carboxylic acids is 2. The SMILES string of the molecule is O=C1Cc2cc(CCCC(=O)NC3CC4CCC(C3)N4)ccc2N1. The number of benzene rings is 1. The van der Waals surface area contributed by atoms with Crippen LogP contribution in [0.1, 0.15) is 49.7 Å². The van der Waals surface area contributed by atoms with E-state index in [2.05, 4.69) is 22.0 Å². The number of aryl methyl sites for hydroxylation is 1. The van der Waals surface area contributed by atoms with Crippen LogP contribution in [0.2, 0.25) is 0 Å². The van der Waals surface area contributed by atoms with Crippen molar-refractivity contribution in [2.75, 3.05) is 5.32 Å². The van der Waals surface area contributed by atoms with Gasteiger partial charge in [0, 0.05) is 30.2 Å². The highest BCUT2D eigenvalue weighted by Gasteiger charge is 2.33. The predicted molar refractivity (Wildman–Crippen MR) is 92.8 cm³/mol. The van der Waals surface area contributed by atoms with Gasteiger partial charge in [-0.3, -0.25) is 9.59 Å². The van der Waals surface area contributed by atoms with Gasteiger partial charge in [-0.15, -0.1) is 0 Å². The molecule has 2 fully saturated rings. The second-order valence-electron chi connectivity index (χ2n) is 7.44. The molecule has 24 heavy (non-hydrogen) atoms. The molecule has 5 nitrogen and oxygen atoms in total. The van der Waals surface area contributed by atoms with Crippen LogP contribution < -0.4 is 16.0 Å². The summed E-state index contributed by atoms with van der Waals surface area (Å²) in [6.07, 6.45) is 7.45. The largest absolute Gasteiger partial charge is 0.353 e. The Morgan fingerprint density at radius 1 is 1.21 bits per heavy atom. The summed E-state index contributed by atoms with van der Waals surface area (Å²) in [7, 11) is 0. The van der Waals surface area contributed by atoms with E-state index in [4.69, 9.17) is 0 Å². The average molecular weight is 327 g/mol. The van der Waals surface area contributed by atoms with E-state index in [-0.39, 0.29) is 11.8 Å². The summed E-state index contributed by atoms with van der Waals surface area (Å²) in [4.78, 5) is 23.6. The first-order valence-corrected chi connectivity index (χ1v) is 9.13. The number of amides is 2. The van der Waals surface area contributed by atoms with Crippen molar-refractivity contribution in [2.24, 2.45) is 0 Å². The maximum atomic E-state index is 12.2. The molecule has 2 amide bonds. The molecule has 1 aromatic rings. The van der Waals surface area contributed by atoms with Crippen molar-refractivity contribution in [1.82, 2.24) is 10.6 Å². The number of fused-ring (bicyclic) bond motifs is 3. The third-order valence-corrected chi connectivity index (χ3v) is 5.50. The zero-order valence-electron chi connectivity index (χ0n) is 13.9. The second kappa shape index (κ2) is 6.55. The third-order valence-electron chi connectivity index (χ3n) is 5.50. The van der Waals surface area contributed by atoms with Crippen LogP contribution in [-0.4, -0.2) is 29.9 Å². The number of piperidine rings is 1. The fourth-order valence-electron chi connectivity index (χ4n) is 4.37. The minimum atomic E-state index is 0.0671. The molecule has 2 saturated heterocycles. The van der Waals surface area contributed by atoms with Crippen molar-refractivity contribution < 1.29 is 9.59 Å². The number of nitrogens with one attached hydrogen (secondary N) is 3. The van der Waals surface area contributed by atoms with Crippen LogP contribution in [0.4, 0.5) is 5.69 Å². The standard InChI is InChI=1S/C19H25N3O2/c23-18(21-16-10-14-5-6-15(11-16)20-14)3-1-2-12-4-7-17-13(8-12)9-19(24)22-17/h4,7-8,14-16,20H,1-3,5-6,9-11H2,(H,21,23)(H,22,24). The summed E-state index contributed by atoms with van der Waals surface area (Å²) in [6, 6.07) is 7.69. The molecular weight excluding hydrogens is 302 g/mol. The second-order valence-corrected chi connectivity index (χ2v) is 7.44. The van der Waals surface area contributed by atoms with Crippen LogP contribution in [0.5, 0.6) is 0 Å². The molecule has 0 spiro atoms. The molecule has 3 aliphatic rings. The molecular formula is C19H25N3O2. The Labute approximate surface area is 142 Å². The molecule has 0 aromatic heterocycles. The highest BCUT2D eigenvalue weighted by Crippen LogP contribution is 2.27. The molecule has 5 heteroatoms. The molecule has 2 bridgehead atoms. The first kappa shape index (κ1) is 15.6. The van der Waals surface area contributed by atoms with Crippen LogP contribution in [0.3, 0.4) is 0 Å². The van der Waals surface area contributed by atoms with Crippen molar-refractivity contribution in [3.8, 4) is 0 Å². The van der Waals surface area contributed by atoms with Crippen LogP contribution in [-0.2, 0) is 22.4 Å². The molecule has 3 aliphatic heterocycles. The lowest BCUT2D eigenvalue weighted by Gasteiger charge is -2.29. The van der Waals surface area contributed by atoms with Gasteiger partial charge in [-0.2, -0.15) is 0 Å². The molecule has 3 heterocycles.